The van der Waals surface area contributed by atoms with E-state index in [-0.39, 0.29) is 38.2 Å². The summed E-state index contributed by atoms with van der Waals surface area (Å²) in [7, 11) is 0. The monoisotopic (exact) mass is 1520 g/mol. The molecule has 0 spiro atoms. The second kappa shape index (κ2) is 49.5. The van der Waals surface area contributed by atoms with E-state index < -0.39 is 287 Å². The van der Waals surface area contributed by atoms with Gasteiger partial charge in [-0.05, 0) is 89.6 Å². The van der Waals surface area contributed by atoms with Gasteiger partial charge >= 0.3 is 23.9 Å². The van der Waals surface area contributed by atoms with E-state index in [0.29, 0.717) is 5.75 Å². The highest BCUT2D eigenvalue weighted by Gasteiger charge is 2.37. The molecule has 0 fully saturated rings. The fraction of sp³-hybridized carbons (Fsp3) is 0.644. The third-order valence-electron chi connectivity index (χ3n) is 14.5. The van der Waals surface area contributed by atoms with Gasteiger partial charge in [0.1, 0.15) is 66.5 Å². The summed E-state index contributed by atoms with van der Waals surface area (Å²) in [5.74, 6) is -24.4. The third kappa shape index (κ3) is 41.0. The second-order valence-corrected chi connectivity index (χ2v) is 25.0. The zero-order valence-corrected chi connectivity index (χ0v) is 59.2. The van der Waals surface area contributed by atoms with E-state index in [9.17, 15) is 116 Å². The van der Waals surface area contributed by atoms with Crippen molar-refractivity contribution < 1.29 is 121 Å². The number of primary amides is 3. The molecule has 590 valence electrons. The number of carboxylic acid groups (broad SMARTS) is 4. The molecular weight excluding hydrogens is 1420 g/mol. The molecule has 46 heteroatoms. The van der Waals surface area contributed by atoms with Crippen LogP contribution in [0.3, 0.4) is 0 Å². The summed E-state index contributed by atoms with van der Waals surface area (Å²) in [5.41, 5.74) is 32.3. The largest absolute Gasteiger partial charge is 0.481 e. The number of thioether (sulfide) groups is 1. The molecule has 16 amide bonds. The molecule has 0 heterocycles. The number of aliphatic hydroxyl groups is 1. The summed E-state index contributed by atoms with van der Waals surface area (Å²) in [6, 6.07) is -20.0. The zero-order valence-electron chi connectivity index (χ0n) is 58.4. The molecule has 0 aromatic carbocycles. The van der Waals surface area contributed by atoms with Crippen LogP contribution < -0.4 is 104 Å². The van der Waals surface area contributed by atoms with Crippen LogP contribution in [0.4, 0.5) is 0 Å². The van der Waals surface area contributed by atoms with Gasteiger partial charge in [0.15, 0.2) is 5.96 Å². The molecule has 30 N–H and O–H groups in total. The van der Waals surface area contributed by atoms with Gasteiger partial charge in [-0.1, -0.05) is 13.8 Å². The maximum absolute atomic E-state index is 14.3. The van der Waals surface area contributed by atoms with E-state index in [1.807, 2.05) is 10.6 Å². The molecule has 0 saturated carbocycles. The van der Waals surface area contributed by atoms with Gasteiger partial charge in [0.25, 0.3) is 0 Å². The minimum Gasteiger partial charge on any atom is -0.481 e. The van der Waals surface area contributed by atoms with Gasteiger partial charge in [-0.3, -0.25) is 96.1 Å². The maximum atomic E-state index is 14.3. The summed E-state index contributed by atoms with van der Waals surface area (Å²) in [5, 5.41) is 77.1. The Kier molecular flexibility index (Phi) is 44.3. The quantitative estimate of drug-likeness (QED) is 0.0153. The number of carbonyl (C=O) groups is 20. The topological polar surface area (TPSA) is 767 Å². The first kappa shape index (κ1) is 93.9. The Balaban J connectivity index is 6.74. The van der Waals surface area contributed by atoms with Gasteiger partial charge in [-0.15, -0.1) is 0 Å². The van der Waals surface area contributed by atoms with Crippen molar-refractivity contribution in [3.8, 4) is 0 Å². The molecule has 0 unspecified atom stereocenters. The number of amides is 16. The lowest BCUT2D eigenvalue weighted by Crippen LogP contribution is -2.60. The highest BCUT2D eigenvalue weighted by Crippen LogP contribution is 2.12. The van der Waals surface area contributed by atoms with Crippen molar-refractivity contribution in [3.05, 3.63) is 0 Å². The van der Waals surface area contributed by atoms with Crippen molar-refractivity contribution in [2.24, 2.45) is 45.3 Å². The number of nitrogens with one attached hydrogen (secondary N) is 13. The van der Waals surface area contributed by atoms with Crippen LogP contribution in [0.25, 0.3) is 0 Å². The molecule has 0 aliphatic rings. The number of nitrogens with two attached hydrogens (primary N) is 6. The van der Waals surface area contributed by atoms with Crippen LogP contribution in [-0.4, -0.2) is 261 Å². The van der Waals surface area contributed by atoms with Crippen LogP contribution in [-0.2, 0) is 95.9 Å². The van der Waals surface area contributed by atoms with Crippen LogP contribution in [0.1, 0.15) is 124 Å². The van der Waals surface area contributed by atoms with Crippen LogP contribution in [0.2, 0.25) is 0 Å². The summed E-state index contributed by atoms with van der Waals surface area (Å²) >= 11 is 1.28. The van der Waals surface area contributed by atoms with Gasteiger partial charge in [-0.2, -0.15) is 11.8 Å². The predicted molar refractivity (Wildman–Crippen MR) is 365 cm³/mol. The first-order valence-electron chi connectivity index (χ1n) is 32.5. The lowest BCUT2D eigenvalue weighted by molar-refractivity contribution is -0.142. The molecule has 0 aliphatic carbocycles. The first-order chi connectivity index (χ1) is 49.0. The van der Waals surface area contributed by atoms with Crippen LogP contribution >= 0.6 is 11.8 Å². The van der Waals surface area contributed by atoms with Crippen molar-refractivity contribution in [1.82, 2.24) is 69.1 Å². The van der Waals surface area contributed by atoms with Crippen molar-refractivity contribution in [3.63, 3.8) is 0 Å². The van der Waals surface area contributed by atoms with Crippen molar-refractivity contribution >= 4 is 136 Å². The number of carboxylic acids is 4. The van der Waals surface area contributed by atoms with Gasteiger partial charge < -0.3 is 129 Å². The number of nitrogens with zero attached hydrogens (tertiary/aromatic N) is 1. The third-order valence-corrected chi connectivity index (χ3v) is 15.2. The Bertz CT molecular complexity index is 3140. The Labute approximate surface area is 604 Å². The molecular formula is C59H98N20O25S. The minimum absolute atomic E-state index is 0.0179. The van der Waals surface area contributed by atoms with Crippen LogP contribution in [0.15, 0.2) is 4.99 Å². The zero-order chi connectivity index (χ0) is 80.4. The lowest BCUT2D eigenvalue weighted by atomic mass is 10.0. The summed E-state index contributed by atoms with van der Waals surface area (Å²) in [6.45, 7) is 2.12. The molecule has 105 heavy (non-hydrogen) atoms. The number of aliphatic carboxylic acids is 4. The normalized spacial score (nSPS) is 14.2. The van der Waals surface area contributed by atoms with E-state index in [4.69, 9.17) is 39.5 Å². The van der Waals surface area contributed by atoms with E-state index in [1.54, 1.807) is 20.1 Å². The van der Waals surface area contributed by atoms with Crippen molar-refractivity contribution in [2.45, 2.75) is 197 Å². The Morgan fingerprint density at radius 2 is 0.724 bits per heavy atom. The molecule has 0 bridgehead atoms. The number of aliphatic hydroxyl groups excluding tert-OH is 1. The summed E-state index contributed by atoms with van der Waals surface area (Å²) in [4.78, 5) is 261. The fourth-order valence-corrected chi connectivity index (χ4v) is 9.44. The summed E-state index contributed by atoms with van der Waals surface area (Å²) < 4.78 is 0. The standard InChI is InChI=1S/C59H98N20O25S/c1-26(2)21-36(77-53(98)32(12-17-45(88)89)71-42(84)23-67-49(94)30(11-16-44(86)87)72-47(92)27(3)60)56(101)74-29(7-6-19-66-59(64)65)52(97)75-34(10-15-41(63)83)55(100)79-38(25-80)57(102)78-37(22-46(90)91)50(95)68-24-43(85)70-31(8-13-39(61)81)51(96)69-28(4)48(93)73-33(9-14-40(62)82)54(99)76-35(58(103)104)18-20-105-5/h26-38,80H,6-25,60H2,1-5H3,(H2,61,81)(H2,62,82)(H2,63,83)(H,67,94)(H,68,95)(H,69,96)(H,70,85)(H,71,84)(H,72,92)(H,73,93)(H,74,101)(H,75,97)(H,76,99)(H,77,98)(H,78,102)(H,79,100)(H,86,87)(H,88,89)(H,90,91)(H,103,104)(H4,64,65,66)/t27-,28-,29-,30-,31-,32-,33-,34-,35-,36-,37-,38-/m0/s1. The number of aliphatic imine (C=N–C) groups is 1. The number of hydrogen-bond donors (Lipinski definition) is 24. The Morgan fingerprint density at radius 1 is 0.381 bits per heavy atom. The summed E-state index contributed by atoms with van der Waals surface area (Å²) in [6.07, 6.45) is -5.88. The predicted octanol–water partition coefficient (Wildman–Crippen LogP) is -11.2. The Hall–Kier alpha value is -11.1. The lowest BCUT2D eigenvalue weighted by Gasteiger charge is -2.28. The number of hydrogen-bond acceptors (Lipinski definition) is 24. The molecule has 0 rings (SSSR count). The first-order valence-corrected chi connectivity index (χ1v) is 33.9. The number of carbonyl (C=O) groups excluding carboxylic acids is 16. The fourth-order valence-electron chi connectivity index (χ4n) is 8.97. The van der Waals surface area contributed by atoms with E-state index in [0.717, 1.165) is 6.92 Å². The van der Waals surface area contributed by atoms with Gasteiger partial charge in [0, 0.05) is 38.6 Å². The number of guanidine groups is 1. The van der Waals surface area contributed by atoms with Gasteiger partial charge in [0.05, 0.1) is 32.2 Å². The molecule has 0 aromatic heterocycles. The second-order valence-electron chi connectivity index (χ2n) is 24.0. The average molecular weight is 1520 g/mol. The maximum Gasteiger partial charge on any atom is 0.326 e. The number of rotatable bonds is 54. The van der Waals surface area contributed by atoms with Crippen molar-refractivity contribution in [2.75, 3.05) is 38.2 Å². The molecule has 12 atom stereocenters. The van der Waals surface area contributed by atoms with Crippen LogP contribution in [0.5, 0.6) is 0 Å². The van der Waals surface area contributed by atoms with E-state index >= 15 is 0 Å². The van der Waals surface area contributed by atoms with Crippen LogP contribution in [0, 0.1) is 5.92 Å². The average Bonchev–Trinajstić information content (AvgIpc) is 0.864. The SMILES string of the molecule is CSCC[C@H](NC(=O)[C@H](CCC(N)=O)NC(=O)[C@H](C)NC(=O)[C@H](CCC(N)=O)NC(=O)CNC(=O)[C@H](CC(=O)O)NC(=O)[C@H](CO)NC(=O)[C@H](CCC(N)=O)NC(=O)[C@H](CCCN=C(N)N)NC(=O)[C@H](CC(C)C)NC(=O)[C@H](CCC(=O)O)NC(=O)CNC(=O)[C@H](CCC(=O)O)NC(=O)[C@H](C)N)C(=O)O. The van der Waals surface area contributed by atoms with E-state index in [1.165, 1.54) is 18.7 Å². The highest BCUT2D eigenvalue weighted by atomic mass is 32.2. The molecule has 0 aliphatic heterocycles. The highest BCUT2D eigenvalue weighted by molar-refractivity contribution is 7.98. The molecule has 0 saturated heterocycles. The smallest absolute Gasteiger partial charge is 0.326 e. The van der Waals surface area contributed by atoms with Gasteiger partial charge in [-0.25, -0.2) is 4.79 Å². The van der Waals surface area contributed by atoms with Crippen molar-refractivity contribution in [1.29, 1.82) is 0 Å². The molecule has 45 nitrogen and oxygen atoms in total. The Morgan fingerprint density at radius 3 is 1.11 bits per heavy atom. The molecule has 0 radical (unpaired) electrons. The van der Waals surface area contributed by atoms with E-state index in [2.05, 4.69) is 63.5 Å². The van der Waals surface area contributed by atoms with Gasteiger partial charge in [0.2, 0.25) is 94.5 Å². The minimum atomic E-state index is -2.13. The molecule has 0 aromatic rings.